The third kappa shape index (κ3) is 4.73. The summed E-state index contributed by atoms with van der Waals surface area (Å²) in [5, 5.41) is 20.2. The molecule has 1 atom stereocenters. The molecule has 1 aromatic rings. The van der Waals surface area contributed by atoms with Crippen molar-refractivity contribution < 1.29 is 23.2 Å². The minimum atomic E-state index is -4.18. The summed E-state index contributed by atoms with van der Waals surface area (Å²) >= 11 is 0. The number of aliphatic carboxylic acids is 1. The average molecular weight is 344 g/mol. The van der Waals surface area contributed by atoms with E-state index < -0.39 is 27.0 Å². The van der Waals surface area contributed by atoms with Gasteiger partial charge in [0.25, 0.3) is 5.69 Å². The number of benzene rings is 1. The van der Waals surface area contributed by atoms with Crippen LogP contribution >= 0.6 is 0 Å². The van der Waals surface area contributed by atoms with Gasteiger partial charge in [-0.15, -0.1) is 0 Å². The lowest BCUT2D eigenvalue weighted by atomic mass is 10.1. The minimum Gasteiger partial charge on any atom is -0.480 e. The van der Waals surface area contributed by atoms with Gasteiger partial charge in [-0.1, -0.05) is 19.8 Å². The molecule has 0 aliphatic carbocycles. The van der Waals surface area contributed by atoms with Gasteiger partial charge in [0.1, 0.15) is 6.04 Å². The van der Waals surface area contributed by atoms with Crippen LogP contribution < -0.4 is 4.72 Å². The topological polar surface area (TPSA) is 127 Å². The molecular weight excluding hydrogens is 324 g/mol. The van der Waals surface area contributed by atoms with Gasteiger partial charge >= 0.3 is 5.97 Å². The molecule has 8 nitrogen and oxygen atoms in total. The van der Waals surface area contributed by atoms with Gasteiger partial charge in [0.05, 0.1) is 9.82 Å². The normalized spacial score (nSPS) is 12.8. The molecule has 0 aromatic heterocycles. The lowest BCUT2D eigenvalue weighted by molar-refractivity contribution is -0.385. The van der Waals surface area contributed by atoms with E-state index in [9.17, 15) is 23.3 Å². The maximum absolute atomic E-state index is 12.5. The van der Waals surface area contributed by atoms with Crippen LogP contribution in [0.1, 0.15) is 37.3 Å². The summed E-state index contributed by atoms with van der Waals surface area (Å²) in [6.45, 7) is 4.73. The monoisotopic (exact) mass is 344 g/mol. The first-order valence-corrected chi connectivity index (χ1v) is 8.59. The molecule has 0 saturated carbocycles. The predicted molar refractivity (Wildman–Crippen MR) is 83.8 cm³/mol. The number of hydrogen-bond acceptors (Lipinski definition) is 5. The van der Waals surface area contributed by atoms with E-state index in [2.05, 4.69) is 4.72 Å². The molecule has 0 spiro atoms. The number of unbranched alkanes of at least 4 members (excludes halogenated alkanes) is 1. The van der Waals surface area contributed by atoms with Gasteiger partial charge in [0, 0.05) is 11.6 Å². The number of sulfonamides is 1. The second kappa shape index (κ2) is 7.51. The lowest BCUT2D eigenvalue weighted by Crippen LogP contribution is -2.40. The Morgan fingerprint density at radius 3 is 2.48 bits per heavy atom. The largest absolute Gasteiger partial charge is 0.480 e. The zero-order valence-corrected chi connectivity index (χ0v) is 14.0. The van der Waals surface area contributed by atoms with E-state index >= 15 is 0 Å². The standard InChI is InChI=1S/C14H20N2O6S/c1-4-5-6-11(14(17)18)15-23(21,22)13-8-9(2)7-12(10(13)3)16(19)20/h7-8,11,15H,4-6H2,1-3H3,(H,17,18). The van der Waals surface area contributed by atoms with Gasteiger partial charge in [-0.25, -0.2) is 8.42 Å². The molecular formula is C14H20N2O6S. The zero-order valence-electron chi connectivity index (χ0n) is 13.2. The lowest BCUT2D eigenvalue weighted by Gasteiger charge is -2.16. The Labute approximate surface area is 134 Å². The number of nitro groups is 1. The molecule has 0 radical (unpaired) electrons. The van der Waals surface area contributed by atoms with Gasteiger partial charge in [0.15, 0.2) is 0 Å². The summed E-state index contributed by atoms with van der Waals surface area (Å²) in [7, 11) is -4.18. The number of rotatable bonds is 8. The van der Waals surface area contributed by atoms with Crippen LogP contribution in [0.2, 0.25) is 0 Å². The van der Waals surface area contributed by atoms with Crippen molar-refractivity contribution in [1.82, 2.24) is 4.72 Å². The highest BCUT2D eigenvalue weighted by molar-refractivity contribution is 7.89. The predicted octanol–water partition coefficient (Wildman–Crippen LogP) is 2.13. The molecule has 0 heterocycles. The molecule has 9 heteroatoms. The van der Waals surface area contributed by atoms with Crippen molar-refractivity contribution in [2.24, 2.45) is 0 Å². The van der Waals surface area contributed by atoms with E-state index in [0.717, 1.165) is 6.42 Å². The van der Waals surface area contributed by atoms with E-state index in [4.69, 9.17) is 5.11 Å². The Kier molecular flexibility index (Phi) is 6.22. The molecule has 0 fully saturated rings. The fourth-order valence-corrected chi connectivity index (χ4v) is 3.74. The molecule has 1 rings (SSSR count). The second-order valence-electron chi connectivity index (χ2n) is 5.32. The van der Waals surface area contributed by atoms with Crippen LogP contribution in [0, 0.1) is 24.0 Å². The molecule has 0 aliphatic rings. The Hall–Kier alpha value is -2.00. The van der Waals surface area contributed by atoms with E-state index in [1.165, 1.54) is 26.0 Å². The second-order valence-corrected chi connectivity index (χ2v) is 7.00. The third-order valence-electron chi connectivity index (χ3n) is 3.41. The van der Waals surface area contributed by atoms with Crippen LogP contribution in [0.25, 0.3) is 0 Å². The van der Waals surface area contributed by atoms with Gasteiger partial charge in [-0.3, -0.25) is 14.9 Å². The zero-order chi connectivity index (χ0) is 17.8. The SMILES string of the molecule is CCCCC(NS(=O)(=O)c1cc(C)cc([N+](=O)[O-])c1C)C(=O)O. The molecule has 2 N–H and O–H groups in total. The summed E-state index contributed by atoms with van der Waals surface area (Å²) in [6, 6.07) is 1.31. The van der Waals surface area contributed by atoms with Crippen molar-refractivity contribution in [3.05, 3.63) is 33.4 Å². The summed E-state index contributed by atoms with van der Waals surface area (Å²) in [4.78, 5) is 21.3. The van der Waals surface area contributed by atoms with Crippen LogP contribution in [0.15, 0.2) is 17.0 Å². The Balaban J connectivity index is 3.27. The molecule has 23 heavy (non-hydrogen) atoms. The number of carboxylic acids is 1. The average Bonchev–Trinajstić information content (AvgIpc) is 2.44. The number of hydrogen-bond donors (Lipinski definition) is 2. The van der Waals surface area contributed by atoms with Crippen LogP contribution in [0.4, 0.5) is 5.69 Å². The Bertz CT molecular complexity index is 714. The van der Waals surface area contributed by atoms with E-state index in [0.29, 0.717) is 12.0 Å². The molecule has 1 unspecified atom stereocenters. The first-order valence-electron chi connectivity index (χ1n) is 7.11. The molecule has 1 aromatic carbocycles. The number of carbonyl (C=O) groups is 1. The van der Waals surface area contributed by atoms with Crippen molar-refractivity contribution in [2.45, 2.75) is 51.0 Å². The molecule has 0 aliphatic heterocycles. The van der Waals surface area contributed by atoms with Crippen LogP contribution in [0.5, 0.6) is 0 Å². The van der Waals surface area contributed by atoms with E-state index in [1.54, 1.807) is 0 Å². The van der Waals surface area contributed by atoms with Crippen LogP contribution in [-0.2, 0) is 14.8 Å². The summed E-state index contributed by atoms with van der Waals surface area (Å²) in [6.07, 6.45) is 1.42. The van der Waals surface area contributed by atoms with Crippen molar-refractivity contribution in [3.8, 4) is 0 Å². The highest BCUT2D eigenvalue weighted by Gasteiger charge is 2.29. The Morgan fingerprint density at radius 2 is 2.00 bits per heavy atom. The quantitative estimate of drug-likeness (QED) is 0.549. The van der Waals surface area contributed by atoms with Gasteiger partial charge in [0.2, 0.25) is 10.0 Å². The number of aryl methyl sites for hydroxylation is 1. The number of nitro benzene ring substituents is 1. The highest BCUT2D eigenvalue weighted by atomic mass is 32.2. The van der Waals surface area contributed by atoms with E-state index in [-0.39, 0.29) is 22.6 Å². The maximum Gasteiger partial charge on any atom is 0.321 e. The first kappa shape index (κ1) is 19.0. The highest BCUT2D eigenvalue weighted by Crippen LogP contribution is 2.27. The molecule has 0 saturated heterocycles. The van der Waals surface area contributed by atoms with Crippen molar-refractivity contribution >= 4 is 21.7 Å². The minimum absolute atomic E-state index is 0.0206. The maximum atomic E-state index is 12.5. The molecule has 0 bridgehead atoms. The first-order chi connectivity index (χ1) is 10.6. The number of nitrogens with one attached hydrogen (secondary N) is 1. The van der Waals surface area contributed by atoms with Crippen LogP contribution in [-0.4, -0.2) is 30.5 Å². The fraction of sp³-hybridized carbons (Fsp3) is 0.500. The molecule has 128 valence electrons. The smallest absolute Gasteiger partial charge is 0.321 e. The van der Waals surface area contributed by atoms with Crippen molar-refractivity contribution in [2.75, 3.05) is 0 Å². The number of nitrogens with zero attached hydrogens (tertiary/aromatic N) is 1. The summed E-state index contributed by atoms with van der Waals surface area (Å²) in [5.41, 5.74) is 0.0710. The van der Waals surface area contributed by atoms with Crippen LogP contribution in [0.3, 0.4) is 0 Å². The van der Waals surface area contributed by atoms with Gasteiger partial charge in [-0.05, 0) is 31.9 Å². The van der Waals surface area contributed by atoms with E-state index in [1.807, 2.05) is 6.92 Å². The van der Waals surface area contributed by atoms with Gasteiger partial charge < -0.3 is 5.11 Å². The number of carboxylic acid groups (broad SMARTS) is 1. The van der Waals surface area contributed by atoms with Crippen molar-refractivity contribution in [3.63, 3.8) is 0 Å². The molecule has 0 amide bonds. The third-order valence-corrected chi connectivity index (χ3v) is 5.00. The summed E-state index contributed by atoms with van der Waals surface area (Å²) in [5.74, 6) is -1.28. The summed E-state index contributed by atoms with van der Waals surface area (Å²) < 4.78 is 27.1. The van der Waals surface area contributed by atoms with Crippen molar-refractivity contribution in [1.29, 1.82) is 0 Å². The fourth-order valence-electron chi connectivity index (χ4n) is 2.17. The van der Waals surface area contributed by atoms with Gasteiger partial charge in [-0.2, -0.15) is 4.72 Å². The Morgan fingerprint density at radius 1 is 1.39 bits per heavy atom.